The first-order chi connectivity index (χ1) is 20.2. The van der Waals surface area contributed by atoms with E-state index in [0.717, 1.165) is 22.9 Å². The molecule has 43 heavy (non-hydrogen) atoms. The number of hydrogen-bond donors (Lipinski definition) is 5. The van der Waals surface area contributed by atoms with Gasteiger partial charge in [-0.3, -0.25) is 24.2 Å². The van der Waals surface area contributed by atoms with Crippen molar-refractivity contribution in [1.82, 2.24) is 15.2 Å². The Balaban J connectivity index is 2.30. The lowest BCUT2D eigenvalue weighted by molar-refractivity contribution is -0.140. The van der Waals surface area contributed by atoms with E-state index in [0.29, 0.717) is 38.1 Å². The van der Waals surface area contributed by atoms with Crippen LogP contribution in [0.3, 0.4) is 0 Å². The van der Waals surface area contributed by atoms with Crippen molar-refractivity contribution in [3.8, 4) is 0 Å². The number of primary amides is 1. The number of carbonyl (C=O) groups is 4. The van der Waals surface area contributed by atoms with Gasteiger partial charge in [-0.15, -0.1) is 0 Å². The van der Waals surface area contributed by atoms with E-state index in [4.69, 9.17) is 17.2 Å². The molecule has 0 radical (unpaired) electrons. The minimum absolute atomic E-state index is 0.0428. The summed E-state index contributed by atoms with van der Waals surface area (Å²) in [5.74, 6) is -1.91. The standard InChI is InChI=1S/C32H51N7O4/c1-6-24(40)17-22(16-23-19-37-26-11-8-7-10-25(23)26)29(42)38-27(12-9-14-36-31(34)35)30(43)39(20-28(33)41)15-13-21(2)18-32(3,4)5/h7-8,10-11,19,21-22,27,37H,6,9,12-18,20H2,1-5H3,(H2,33,41)(H,38,42)(H4,34,35,36)/t21?,22-,27-/m0/s1. The Kier molecular flexibility index (Phi) is 13.7. The van der Waals surface area contributed by atoms with Crippen LogP contribution in [0.1, 0.15) is 78.7 Å². The fraction of sp³-hybridized carbons (Fsp3) is 0.594. The number of guanidine groups is 1. The van der Waals surface area contributed by atoms with Gasteiger partial charge in [0.05, 0.1) is 6.54 Å². The van der Waals surface area contributed by atoms with Crippen LogP contribution in [0.25, 0.3) is 10.9 Å². The second-order valence-corrected chi connectivity index (χ2v) is 12.8. The van der Waals surface area contributed by atoms with Crippen LogP contribution in [-0.2, 0) is 25.6 Å². The van der Waals surface area contributed by atoms with Crippen LogP contribution in [-0.4, -0.2) is 65.0 Å². The molecule has 3 atom stereocenters. The van der Waals surface area contributed by atoms with Crippen molar-refractivity contribution in [2.24, 2.45) is 39.4 Å². The second kappa shape index (κ2) is 16.7. The number of nitrogens with one attached hydrogen (secondary N) is 2. The van der Waals surface area contributed by atoms with E-state index in [1.807, 2.05) is 30.5 Å². The van der Waals surface area contributed by atoms with Crippen LogP contribution in [0, 0.1) is 17.3 Å². The predicted octanol–water partition coefficient (Wildman–Crippen LogP) is 3.01. The predicted molar refractivity (Wildman–Crippen MR) is 171 cm³/mol. The van der Waals surface area contributed by atoms with Crippen molar-refractivity contribution in [3.05, 3.63) is 36.0 Å². The maximum absolute atomic E-state index is 13.9. The number of Topliss-reactive ketones (excluding diaryl/α,β-unsaturated/α-hetero) is 1. The fourth-order valence-electron chi connectivity index (χ4n) is 5.49. The van der Waals surface area contributed by atoms with Crippen molar-refractivity contribution >= 4 is 40.4 Å². The minimum Gasteiger partial charge on any atom is -0.370 e. The van der Waals surface area contributed by atoms with Crippen LogP contribution in [0.4, 0.5) is 0 Å². The maximum Gasteiger partial charge on any atom is 0.245 e. The Bertz CT molecular complexity index is 1260. The number of aliphatic imine (C=N–C) groups is 1. The number of aromatic amines is 1. The van der Waals surface area contributed by atoms with E-state index in [1.54, 1.807) is 6.92 Å². The highest BCUT2D eigenvalue weighted by Gasteiger charge is 2.31. The average molecular weight is 598 g/mol. The van der Waals surface area contributed by atoms with Gasteiger partial charge in [0.2, 0.25) is 17.7 Å². The van der Waals surface area contributed by atoms with Gasteiger partial charge in [0, 0.05) is 48.9 Å². The lowest BCUT2D eigenvalue weighted by Crippen LogP contribution is -2.52. The van der Waals surface area contributed by atoms with Crippen LogP contribution >= 0.6 is 0 Å². The quantitative estimate of drug-likeness (QED) is 0.0997. The Morgan fingerprint density at radius 3 is 2.40 bits per heavy atom. The lowest BCUT2D eigenvalue weighted by atomic mass is 9.84. The molecule has 0 saturated heterocycles. The summed E-state index contributed by atoms with van der Waals surface area (Å²) in [6, 6.07) is 6.82. The minimum atomic E-state index is -0.943. The van der Waals surface area contributed by atoms with Crippen molar-refractivity contribution in [2.75, 3.05) is 19.6 Å². The molecular weight excluding hydrogens is 546 g/mol. The molecule has 1 aromatic heterocycles. The summed E-state index contributed by atoms with van der Waals surface area (Å²) in [5, 5.41) is 3.90. The number of rotatable bonds is 18. The van der Waals surface area contributed by atoms with Crippen molar-refractivity contribution < 1.29 is 19.2 Å². The number of aromatic nitrogens is 1. The molecule has 0 saturated carbocycles. The molecule has 1 heterocycles. The van der Waals surface area contributed by atoms with Crippen molar-refractivity contribution in [1.29, 1.82) is 0 Å². The number of amides is 3. The van der Waals surface area contributed by atoms with Gasteiger partial charge in [0.15, 0.2) is 5.96 Å². The fourth-order valence-corrected chi connectivity index (χ4v) is 5.49. The molecule has 1 unspecified atom stereocenters. The van der Waals surface area contributed by atoms with Gasteiger partial charge in [0.25, 0.3) is 0 Å². The molecule has 2 rings (SSSR count). The van der Waals surface area contributed by atoms with Gasteiger partial charge in [-0.05, 0) is 55.1 Å². The third-order valence-corrected chi connectivity index (χ3v) is 7.45. The third kappa shape index (κ3) is 12.5. The monoisotopic (exact) mass is 597 g/mol. The molecule has 1 aromatic carbocycles. The molecular formula is C32H51N7O4. The number of benzene rings is 1. The van der Waals surface area contributed by atoms with E-state index in [9.17, 15) is 19.2 Å². The molecule has 0 fully saturated rings. The zero-order chi connectivity index (χ0) is 32.2. The van der Waals surface area contributed by atoms with Crippen LogP contribution < -0.4 is 22.5 Å². The summed E-state index contributed by atoms with van der Waals surface area (Å²) in [6.45, 7) is 10.7. The Morgan fingerprint density at radius 1 is 1.07 bits per heavy atom. The lowest BCUT2D eigenvalue weighted by Gasteiger charge is -2.30. The van der Waals surface area contributed by atoms with Crippen molar-refractivity contribution in [3.63, 3.8) is 0 Å². The number of nitrogens with zero attached hydrogens (tertiary/aromatic N) is 2. The van der Waals surface area contributed by atoms with E-state index < -0.39 is 29.7 Å². The summed E-state index contributed by atoms with van der Waals surface area (Å²) in [7, 11) is 0. The second-order valence-electron chi connectivity index (χ2n) is 12.8. The normalized spacial score (nSPS) is 13.6. The van der Waals surface area contributed by atoms with Crippen LogP contribution in [0.5, 0.6) is 0 Å². The van der Waals surface area contributed by atoms with E-state index >= 15 is 0 Å². The zero-order valence-electron chi connectivity index (χ0n) is 26.4. The Morgan fingerprint density at radius 2 is 1.77 bits per heavy atom. The highest BCUT2D eigenvalue weighted by Crippen LogP contribution is 2.26. The van der Waals surface area contributed by atoms with E-state index in [2.05, 4.69) is 43.0 Å². The first-order valence-electron chi connectivity index (χ1n) is 15.2. The zero-order valence-corrected chi connectivity index (χ0v) is 26.4. The first-order valence-corrected chi connectivity index (χ1v) is 15.2. The summed E-state index contributed by atoms with van der Waals surface area (Å²) in [5.41, 5.74) is 18.4. The largest absolute Gasteiger partial charge is 0.370 e. The molecule has 2 aromatic rings. The molecule has 0 aliphatic carbocycles. The number of carbonyl (C=O) groups excluding carboxylic acids is 4. The molecule has 0 spiro atoms. The number of nitrogens with two attached hydrogens (primary N) is 3. The number of ketones is 1. The van der Waals surface area contributed by atoms with Gasteiger partial charge < -0.3 is 32.4 Å². The van der Waals surface area contributed by atoms with Gasteiger partial charge >= 0.3 is 0 Å². The molecule has 3 amide bonds. The summed E-state index contributed by atoms with van der Waals surface area (Å²) >= 11 is 0. The number of hydrogen-bond acceptors (Lipinski definition) is 5. The van der Waals surface area contributed by atoms with E-state index in [-0.39, 0.29) is 43.1 Å². The van der Waals surface area contributed by atoms with Gasteiger partial charge in [-0.2, -0.15) is 0 Å². The third-order valence-electron chi connectivity index (χ3n) is 7.45. The van der Waals surface area contributed by atoms with Gasteiger partial charge in [0.1, 0.15) is 11.8 Å². The number of fused-ring (bicyclic) bond motifs is 1. The maximum atomic E-state index is 13.9. The molecule has 11 nitrogen and oxygen atoms in total. The highest BCUT2D eigenvalue weighted by atomic mass is 16.2. The smallest absolute Gasteiger partial charge is 0.245 e. The first kappa shape index (κ1) is 35.3. The Hall–Kier alpha value is -3.89. The van der Waals surface area contributed by atoms with Crippen molar-refractivity contribution in [2.45, 2.75) is 85.6 Å². The molecule has 0 aliphatic heterocycles. The summed E-state index contributed by atoms with van der Waals surface area (Å²) in [6.07, 6.45) is 4.82. The SMILES string of the molecule is CCC(=O)C[C@H](Cc1c[nH]c2ccccc12)C(=O)N[C@@H](CCCN=C(N)N)C(=O)N(CCC(C)CC(C)(C)C)CC(N)=O. The van der Waals surface area contributed by atoms with E-state index in [1.165, 1.54) is 4.90 Å². The summed E-state index contributed by atoms with van der Waals surface area (Å²) in [4.78, 5) is 60.8. The molecule has 11 heteroatoms. The average Bonchev–Trinajstić information content (AvgIpc) is 3.33. The van der Waals surface area contributed by atoms with Gasteiger partial charge in [-0.1, -0.05) is 52.8 Å². The van der Waals surface area contributed by atoms with Gasteiger partial charge in [-0.25, -0.2) is 0 Å². The number of H-pyrrole nitrogens is 1. The topological polar surface area (TPSA) is 190 Å². The Labute approximate surface area is 255 Å². The van der Waals surface area contributed by atoms with Crippen LogP contribution in [0.2, 0.25) is 0 Å². The number of para-hydroxylation sites is 1. The summed E-state index contributed by atoms with van der Waals surface area (Å²) < 4.78 is 0. The molecule has 238 valence electrons. The molecule has 0 bridgehead atoms. The molecule has 0 aliphatic rings. The molecule has 8 N–H and O–H groups in total. The van der Waals surface area contributed by atoms with Crippen LogP contribution in [0.15, 0.2) is 35.5 Å². The highest BCUT2D eigenvalue weighted by molar-refractivity contribution is 5.93.